The van der Waals surface area contributed by atoms with Crippen molar-refractivity contribution < 1.29 is 19.2 Å². The molecule has 0 unspecified atom stereocenters. The van der Waals surface area contributed by atoms with Gasteiger partial charge in [-0.05, 0) is 44.0 Å². The number of anilines is 1. The third-order valence-corrected chi connectivity index (χ3v) is 8.06. The van der Waals surface area contributed by atoms with Crippen LogP contribution >= 0.6 is 0 Å². The zero-order valence-corrected chi connectivity index (χ0v) is 20.9. The van der Waals surface area contributed by atoms with E-state index in [0.717, 1.165) is 27.2 Å². The first kappa shape index (κ1) is 23.2. The maximum absolute atomic E-state index is 14.1. The molecule has 0 saturated carbocycles. The van der Waals surface area contributed by atoms with Gasteiger partial charge in [0.05, 0.1) is 30.1 Å². The summed E-state index contributed by atoms with van der Waals surface area (Å²) in [6, 6.07) is 22.8. The fourth-order valence-electron chi connectivity index (χ4n) is 6.29. The van der Waals surface area contributed by atoms with Gasteiger partial charge in [0.1, 0.15) is 5.54 Å². The number of rotatable bonds is 4. The number of likely N-dealkylation sites (tertiary alicyclic amines) is 1. The third-order valence-electron chi connectivity index (χ3n) is 8.06. The first-order chi connectivity index (χ1) is 17.7. The summed E-state index contributed by atoms with van der Waals surface area (Å²) in [6.45, 7) is 5.64. The van der Waals surface area contributed by atoms with Gasteiger partial charge >= 0.3 is 6.03 Å². The van der Waals surface area contributed by atoms with Crippen molar-refractivity contribution in [3.63, 3.8) is 0 Å². The highest BCUT2D eigenvalue weighted by Crippen LogP contribution is 2.58. The van der Waals surface area contributed by atoms with Gasteiger partial charge in [-0.15, -0.1) is 0 Å². The van der Waals surface area contributed by atoms with Crippen LogP contribution in [0, 0.1) is 25.7 Å². The molecule has 186 valence electrons. The Hall–Kier alpha value is -4.26. The topological polar surface area (TPSA) is 78.0 Å². The van der Waals surface area contributed by atoms with Gasteiger partial charge in [0.15, 0.2) is 0 Å². The van der Waals surface area contributed by atoms with Crippen LogP contribution in [-0.2, 0) is 20.9 Å². The number of hydrogen-bond donors (Lipinski definition) is 0. The summed E-state index contributed by atoms with van der Waals surface area (Å²) in [5, 5.41) is 0. The Bertz CT molecular complexity index is 1450. The van der Waals surface area contributed by atoms with E-state index in [1.807, 2.05) is 80.6 Å². The van der Waals surface area contributed by atoms with E-state index < -0.39 is 41.3 Å². The molecule has 3 saturated heterocycles. The van der Waals surface area contributed by atoms with Gasteiger partial charge in [0, 0.05) is 0 Å². The first-order valence-electron chi connectivity index (χ1n) is 12.4. The molecule has 3 heterocycles. The molecule has 0 bridgehead atoms. The lowest BCUT2D eigenvalue weighted by Gasteiger charge is -2.32. The molecule has 3 aliphatic rings. The Morgan fingerprint density at radius 1 is 0.784 bits per heavy atom. The summed E-state index contributed by atoms with van der Waals surface area (Å²) in [5.41, 5.74) is 2.50. The molecular weight excluding hydrogens is 466 g/mol. The molecule has 0 aliphatic carbocycles. The number of fused-ring (bicyclic) bond motifs is 3. The molecule has 37 heavy (non-hydrogen) atoms. The van der Waals surface area contributed by atoms with Crippen LogP contribution < -0.4 is 4.90 Å². The Morgan fingerprint density at radius 2 is 1.49 bits per heavy atom. The van der Waals surface area contributed by atoms with Crippen LogP contribution in [0.2, 0.25) is 0 Å². The molecule has 3 aromatic carbocycles. The van der Waals surface area contributed by atoms with E-state index in [0.29, 0.717) is 5.69 Å². The normalized spacial score (nSPS) is 26.8. The minimum atomic E-state index is -1.49. The average Bonchev–Trinajstić information content (AvgIpc) is 3.38. The highest BCUT2D eigenvalue weighted by molar-refractivity contribution is 6.26. The van der Waals surface area contributed by atoms with Crippen molar-refractivity contribution in [2.24, 2.45) is 11.8 Å². The molecule has 7 heteroatoms. The highest BCUT2D eigenvalue weighted by Gasteiger charge is 2.75. The van der Waals surface area contributed by atoms with E-state index in [1.165, 1.54) is 9.80 Å². The Balaban J connectivity index is 1.49. The van der Waals surface area contributed by atoms with Gasteiger partial charge in [-0.2, -0.15) is 0 Å². The van der Waals surface area contributed by atoms with Crippen LogP contribution in [0.25, 0.3) is 0 Å². The van der Waals surface area contributed by atoms with Gasteiger partial charge in [0.2, 0.25) is 11.8 Å². The molecule has 0 spiro atoms. The largest absolute Gasteiger partial charge is 0.332 e. The number of carbonyl (C=O) groups excluding carboxylic acids is 4. The number of imide groups is 2. The Morgan fingerprint density at radius 3 is 2.16 bits per heavy atom. The maximum atomic E-state index is 14.1. The number of nitrogens with zero attached hydrogens (tertiary/aromatic N) is 3. The molecule has 3 aromatic rings. The molecule has 0 aromatic heterocycles. The molecule has 0 N–H and O–H groups in total. The predicted octanol–water partition coefficient (Wildman–Crippen LogP) is 4.39. The maximum Gasteiger partial charge on any atom is 0.332 e. The molecule has 5 amide bonds. The predicted molar refractivity (Wildman–Crippen MR) is 137 cm³/mol. The lowest BCUT2D eigenvalue weighted by molar-refractivity contribution is -0.144. The summed E-state index contributed by atoms with van der Waals surface area (Å²) < 4.78 is 0. The van der Waals surface area contributed by atoms with Crippen molar-refractivity contribution in [3.05, 3.63) is 101 Å². The van der Waals surface area contributed by atoms with Crippen LogP contribution in [0.4, 0.5) is 10.5 Å². The number of carbonyl (C=O) groups is 4. The second-order valence-electron chi connectivity index (χ2n) is 10.4. The number of urea groups is 1. The zero-order chi connectivity index (χ0) is 26.1. The summed E-state index contributed by atoms with van der Waals surface area (Å²) in [7, 11) is 0. The average molecular weight is 494 g/mol. The summed E-state index contributed by atoms with van der Waals surface area (Å²) in [5.74, 6) is -3.04. The van der Waals surface area contributed by atoms with Crippen molar-refractivity contribution in [1.82, 2.24) is 9.80 Å². The summed E-state index contributed by atoms with van der Waals surface area (Å²) >= 11 is 0. The van der Waals surface area contributed by atoms with E-state index in [9.17, 15) is 19.2 Å². The fourth-order valence-corrected chi connectivity index (χ4v) is 6.29. The molecule has 4 atom stereocenters. The zero-order valence-electron chi connectivity index (χ0n) is 20.9. The van der Waals surface area contributed by atoms with Crippen LogP contribution in [-0.4, -0.2) is 39.1 Å². The van der Waals surface area contributed by atoms with Gasteiger partial charge in [-0.3, -0.25) is 19.3 Å². The van der Waals surface area contributed by atoms with E-state index in [4.69, 9.17) is 0 Å². The molecule has 7 nitrogen and oxygen atoms in total. The number of benzene rings is 3. The minimum absolute atomic E-state index is 0.131. The van der Waals surface area contributed by atoms with Gasteiger partial charge in [0.25, 0.3) is 5.91 Å². The van der Waals surface area contributed by atoms with E-state index in [1.54, 1.807) is 19.1 Å². The Labute approximate surface area is 215 Å². The second kappa shape index (κ2) is 8.13. The van der Waals surface area contributed by atoms with Crippen molar-refractivity contribution in [1.29, 1.82) is 0 Å². The van der Waals surface area contributed by atoms with Crippen molar-refractivity contribution in [2.45, 2.75) is 38.9 Å². The summed E-state index contributed by atoms with van der Waals surface area (Å²) in [4.78, 5) is 59.8. The molecule has 3 fully saturated rings. The lowest BCUT2D eigenvalue weighted by Crippen LogP contribution is -2.51. The van der Waals surface area contributed by atoms with Crippen molar-refractivity contribution in [2.75, 3.05) is 4.90 Å². The van der Waals surface area contributed by atoms with Gasteiger partial charge in [-0.25, -0.2) is 9.69 Å². The summed E-state index contributed by atoms with van der Waals surface area (Å²) in [6.07, 6.45) is 0. The van der Waals surface area contributed by atoms with Gasteiger partial charge in [-0.1, -0.05) is 77.9 Å². The van der Waals surface area contributed by atoms with E-state index in [2.05, 4.69) is 0 Å². The second-order valence-corrected chi connectivity index (χ2v) is 10.4. The van der Waals surface area contributed by atoms with Crippen LogP contribution in [0.3, 0.4) is 0 Å². The van der Waals surface area contributed by atoms with E-state index >= 15 is 0 Å². The minimum Gasteiger partial charge on any atom is -0.301 e. The smallest absolute Gasteiger partial charge is 0.301 e. The fraction of sp³-hybridized carbons (Fsp3) is 0.267. The Kier molecular flexibility index (Phi) is 5.09. The van der Waals surface area contributed by atoms with Crippen LogP contribution in [0.15, 0.2) is 78.9 Å². The lowest BCUT2D eigenvalue weighted by atomic mass is 9.79. The quantitative estimate of drug-likeness (QED) is 0.399. The molecule has 6 rings (SSSR count). The molecule has 0 radical (unpaired) electrons. The SMILES string of the molecule is Cc1ccc(N2C(=O)N3[C@H](c4cccc(C)c4)[C@@H]4C(=O)N(Cc5ccccc5)C(=O)[C@@H]4[C@]3(C)C2=O)cc1. The monoisotopic (exact) mass is 493 g/mol. The third kappa shape index (κ3) is 3.19. The van der Waals surface area contributed by atoms with Crippen molar-refractivity contribution in [3.8, 4) is 0 Å². The number of hydrogen-bond acceptors (Lipinski definition) is 4. The van der Waals surface area contributed by atoms with E-state index in [-0.39, 0.29) is 12.5 Å². The van der Waals surface area contributed by atoms with Crippen molar-refractivity contribution >= 4 is 29.4 Å². The van der Waals surface area contributed by atoms with Gasteiger partial charge < -0.3 is 4.90 Å². The van der Waals surface area contributed by atoms with Crippen LogP contribution in [0.1, 0.15) is 35.2 Å². The number of amides is 5. The first-order valence-corrected chi connectivity index (χ1v) is 12.4. The van der Waals surface area contributed by atoms with Crippen LogP contribution in [0.5, 0.6) is 0 Å². The standard InChI is InChI=1S/C30H27N3O4/c1-18-12-14-22(15-13-18)32-28(36)30(3)24-23(25(33(30)29(32)37)21-11-7-8-19(2)16-21)26(34)31(27(24)35)17-20-9-5-4-6-10-20/h4-16,23-25H,17H2,1-3H3/t23-,24-,25-,30-/m1/s1. The molecular formula is C30H27N3O4. The molecule has 3 aliphatic heterocycles. The highest BCUT2D eigenvalue weighted by atomic mass is 16.2. The number of aryl methyl sites for hydroxylation is 2.